The quantitative estimate of drug-likeness (QED) is 0.708. The number of amides is 2. The molecule has 1 saturated heterocycles. The van der Waals surface area contributed by atoms with Crippen molar-refractivity contribution in [2.75, 3.05) is 33.2 Å². The van der Waals surface area contributed by atoms with Gasteiger partial charge in [0, 0.05) is 50.2 Å². The van der Waals surface area contributed by atoms with E-state index in [2.05, 4.69) is 17.3 Å². The van der Waals surface area contributed by atoms with Crippen molar-refractivity contribution >= 4 is 36.6 Å². The molecule has 2 atom stereocenters. The zero-order chi connectivity index (χ0) is 20.4. The van der Waals surface area contributed by atoms with E-state index in [1.54, 1.807) is 0 Å². The topological polar surface area (TPSA) is 78.7 Å². The Balaban J connectivity index is 0.00000171. The van der Waals surface area contributed by atoms with Gasteiger partial charge in [0.2, 0.25) is 5.91 Å². The maximum Gasteiger partial charge on any atom is 0.253 e. The Morgan fingerprint density at radius 2 is 1.58 bits per heavy atom. The number of nitrogens with zero attached hydrogens (tertiary/aromatic N) is 2. The predicted molar refractivity (Wildman–Crippen MR) is 128 cm³/mol. The van der Waals surface area contributed by atoms with Crippen LogP contribution in [0.15, 0.2) is 24.3 Å². The van der Waals surface area contributed by atoms with Crippen molar-refractivity contribution in [1.29, 1.82) is 0 Å². The van der Waals surface area contributed by atoms with Gasteiger partial charge in [-0.1, -0.05) is 18.6 Å². The Kier molecular flexibility index (Phi) is 9.62. The minimum atomic E-state index is 0. The van der Waals surface area contributed by atoms with Gasteiger partial charge in [-0.3, -0.25) is 9.59 Å². The largest absolute Gasteiger partial charge is 0.352 e. The molecule has 3 aliphatic rings. The first kappa shape index (κ1) is 25.9. The summed E-state index contributed by atoms with van der Waals surface area (Å²) in [5, 5.41) is 3.11. The molecule has 2 bridgehead atoms. The molecule has 1 aromatic carbocycles. The summed E-state index contributed by atoms with van der Waals surface area (Å²) in [6.45, 7) is 3.91. The molecule has 1 aliphatic heterocycles. The lowest BCUT2D eigenvalue weighted by atomic mass is 9.65. The number of hydrogen-bond acceptors (Lipinski definition) is 4. The van der Waals surface area contributed by atoms with Gasteiger partial charge in [-0.15, -0.1) is 24.8 Å². The van der Waals surface area contributed by atoms with Crippen molar-refractivity contribution in [2.24, 2.45) is 23.5 Å². The fourth-order valence-electron chi connectivity index (χ4n) is 5.29. The average Bonchev–Trinajstić information content (AvgIpc) is 2.72. The number of fused-ring (bicyclic) bond motifs is 2. The molecule has 0 spiro atoms. The first-order chi connectivity index (χ1) is 14.0. The second-order valence-corrected chi connectivity index (χ2v) is 9.21. The molecule has 3 N–H and O–H groups in total. The molecule has 8 heteroatoms. The molecule has 0 aromatic heterocycles. The Morgan fingerprint density at radius 1 is 1.00 bits per heavy atom. The number of piperazine rings is 1. The first-order valence-corrected chi connectivity index (χ1v) is 11.1. The molecule has 1 heterocycles. The van der Waals surface area contributed by atoms with Crippen LogP contribution in [0.25, 0.3) is 0 Å². The number of carbonyl (C=O) groups is 2. The standard InChI is InChI=1S/C23H34N4O2.2ClH/c1-26-9-11-27(12-10-26)23(29)17-7-5-16(6-8-17)15-25-22(28)20-13-18-3-2-4-19(14-20)21(18)24;;/h5-8,18-21H,2-4,9-15,24H2,1H3,(H,25,28);2*1H. The zero-order valence-corrected chi connectivity index (χ0v) is 19.9. The van der Waals surface area contributed by atoms with E-state index in [4.69, 9.17) is 5.73 Å². The number of halogens is 2. The SMILES string of the molecule is CN1CCN(C(=O)c2ccc(CNC(=O)C3CC4CCCC(C3)C4N)cc2)CC1.Cl.Cl. The lowest BCUT2D eigenvalue weighted by Gasteiger charge is -2.43. The van der Waals surface area contributed by atoms with Gasteiger partial charge in [0.1, 0.15) is 0 Å². The molecule has 1 aromatic rings. The van der Waals surface area contributed by atoms with Gasteiger partial charge in [-0.2, -0.15) is 0 Å². The third-order valence-corrected chi connectivity index (χ3v) is 7.24. The van der Waals surface area contributed by atoms with E-state index in [1.165, 1.54) is 19.3 Å². The van der Waals surface area contributed by atoms with E-state index in [1.807, 2.05) is 29.2 Å². The molecule has 2 amide bonds. The second-order valence-electron chi connectivity index (χ2n) is 9.21. The van der Waals surface area contributed by atoms with Crippen LogP contribution < -0.4 is 11.1 Å². The Morgan fingerprint density at radius 3 is 2.16 bits per heavy atom. The Bertz CT molecular complexity index is 724. The number of rotatable bonds is 4. The molecule has 2 saturated carbocycles. The molecular weight excluding hydrogens is 435 g/mol. The molecule has 4 rings (SSSR count). The van der Waals surface area contributed by atoms with E-state index in [-0.39, 0.29) is 48.6 Å². The van der Waals surface area contributed by atoms with E-state index >= 15 is 0 Å². The maximum absolute atomic E-state index is 12.7. The van der Waals surface area contributed by atoms with Crippen LogP contribution in [0.5, 0.6) is 0 Å². The fraction of sp³-hybridized carbons (Fsp3) is 0.652. The van der Waals surface area contributed by atoms with E-state index in [0.717, 1.165) is 50.1 Å². The third kappa shape index (κ3) is 6.13. The Labute approximate surface area is 198 Å². The smallest absolute Gasteiger partial charge is 0.253 e. The van der Waals surface area contributed by atoms with Crippen LogP contribution in [0.1, 0.15) is 48.0 Å². The van der Waals surface area contributed by atoms with Gasteiger partial charge in [-0.05, 0) is 62.3 Å². The molecule has 2 aliphatic carbocycles. The molecule has 0 radical (unpaired) electrons. The lowest BCUT2D eigenvalue weighted by molar-refractivity contribution is -0.128. The van der Waals surface area contributed by atoms with Crippen molar-refractivity contribution in [3.8, 4) is 0 Å². The molecule has 31 heavy (non-hydrogen) atoms. The average molecular weight is 471 g/mol. The second kappa shape index (κ2) is 11.5. The van der Waals surface area contributed by atoms with Crippen LogP contribution >= 0.6 is 24.8 Å². The highest BCUT2D eigenvalue weighted by Gasteiger charge is 2.40. The monoisotopic (exact) mass is 470 g/mol. The van der Waals surface area contributed by atoms with Crippen LogP contribution in [0.4, 0.5) is 0 Å². The number of carbonyl (C=O) groups excluding carboxylic acids is 2. The van der Waals surface area contributed by atoms with Crippen LogP contribution in [0, 0.1) is 17.8 Å². The normalized spacial score (nSPS) is 28.1. The van der Waals surface area contributed by atoms with Gasteiger partial charge in [-0.25, -0.2) is 0 Å². The number of hydrogen-bond donors (Lipinski definition) is 2. The van der Waals surface area contributed by atoms with Gasteiger partial charge < -0.3 is 20.9 Å². The number of likely N-dealkylation sites (N-methyl/N-ethyl adjacent to an activating group) is 1. The van der Waals surface area contributed by atoms with Gasteiger partial charge >= 0.3 is 0 Å². The predicted octanol–water partition coefficient (Wildman–Crippen LogP) is 2.69. The van der Waals surface area contributed by atoms with Crippen molar-refractivity contribution in [2.45, 2.75) is 44.7 Å². The van der Waals surface area contributed by atoms with Gasteiger partial charge in [0.15, 0.2) is 0 Å². The lowest BCUT2D eigenvalue weighted by Crippen LogP contribution is -2.49. The fourth-order valence-corrected chi connectivity index (χ4v) is 5.29. The van der Waals surface area contributed by atoms with Crippen LogP contribution in [0.3, 0.4) is 0 Å². The summed E-state index contributed by atoms with van der Waals surface area (Å²) >= 11 is 0. The van der Waals surface area contributed by atoms with Crippen molar-refractivity contribution in [3.63, 3.8) is 0 Å². The van der Waals surface area contributed by atoms with E-state index in [9.17, 15) is 9.59 Å². The summed E-state index contributed by atoms with van der Waals surface area (Å²) in [5.74, 6) is 1.38. The summed E-state index contributed by atoms with van der Waals surface area (Å²) in [7, 11) is 2.08. The minimum Gasteiger partial charge on any atom is -0.352 e. The zero-order valence-electron chi connectivity index (χ0n) is 18.3. The van der Waals surface area contributed by atoms with Crippen LogP contribution in [-0.2, 0) is 11.3 Å². The summed E-state index contributed by atoms with van der Waals surface area (Å²) in [6.07, 6.45) is 5.47. The number of nitrogens with one attached hydrogen (secondary N) is 1. The number of nitrogens with two attached hydrogens (primary N) is 1. The van der Waals surface area contributed by atoms with E-state index in [0.29, 0.717) is 18.4 Å². The maximum atomic E-state index is 12.7. The first-order valence-electron chi connectivity index (χ1n) is 11.1. The highest BCUT2D eigenvalue weighted by molar-refractivity contribution is 5.94. The summed E-state index contributed by atoms with van der Waals surface area (Å²) in [4.78, 5) is 29.5. The van der Waals surface area contributed by atoms with Crippen molar-refractivity contribution in [1.82, 2.24) is 15.1 Å². The van der Waals surface area contributed by atoms with Gasteiger partial charge in [0.05, 0.1) is 0 Å². The van der Waals surface area contributed by atoms with Crippen molar-refractivity contribution in [3.05, 3.63) is 35.4 Å². The molecule has 3 fully saturated rings. The van der Waals surface area contributed by atoms with Crippen LogP contribution in [0.2, 0.25) is 0 Å². The molecule has 174 valence electrons. The van der Waals surface area contributed by atoms with Crippen molar-refractivity contribution < 1.29 is 9.59 Å². The molecular formula is C23H36Cl2N4O2. The summed E-state index contributed by atoms with van der Waals surface area (Å²) in [6, 6.07) is 7.96. The summed E-state index contributed by atoms with van der Waals surface area (Å²) in [5.41, 5.74) is 8.10. The van der Waals surface area contributed by atoms with E-state index < -0.39 is 0 Å². The molecule has 2 unspecified atom stereocenters. The summed E-state index contributed by atoms with van der Waals surface area (Å²) < 4.78 is 0. The highest BCUT2D eigenvalue weighted by Crippen LogP contribution is 2.41. The third-order valence-electron chi connectivity index (χ3n) is 7.24. The highest BCUT2D eigenvalue weighted by atomic mass is 35.5. The van der Waals surface area contributed by atoms with Gasteiger partial charge in [0.25, 0.3) is 5.91 Å². The number of benzene rings is 1. The minimum absolute atomic E-state index is 0. The van der Waals surface area contributed by atoms with Crippen LogP contribution in [-0.4, -0.2) is 60.9 Å². The molecule has 6 nitrogen and oxygen atoms in total. The Hall–Kier alpha value is -1.34.